The third kappa shape index (κ3) is 4.38. The molecule has 0 N–H and O–H groups in total. The molecule has 0 atom stereocenters. The minimum absolute atomic E-state index is 0.122. The fourth-order valence-electron chi connectivity index (χ4n) is 1.32. The molecule has 94 valence electrons. The largest absolute Gasteiger partial charge is 0.390 e. The maximum atomic E-state index is 12.1. The van der Waals surface area contributed by atoms with Crippen molar-refractivity contribution in [2.45, 2.75) is 12.6 Å². The minimum Gasteiger partial charge on any atom is -0.373 e. The SMILES string of the molecule is CN(CCC(F)(F)F)c1ccc(C=O)cc1Br. The van der Waals surface area contributed by atoms with Gasteiger partial charge in [-0.15, -0.1) is 0 Å². The van der Waals surface area contributed by atoms with Crippen molar-refractivity contribution in [2.24, 2.45) is 0 Å². The van der Waals surface area contributed by atoms with E-state index in [1.54, 1.807) is 25.2 Å². The van der Waals surface area contributed by atoms with Crippen LogP contribution in [0.1, 0.15) is 16.8 Å². The molecule has 0 fully saturated rings. The summed E-state index contributed by atoms with van der Waals surface area (Å²) in [6.07, 6.45) is -4.35. The Balaban J connectivity index is 2.75. The third-order valence-corrected chi connectivity index (χ3v) is 2.88. The van der Waals surface area contributed by atoms with Gasteiger partial charge in [-0.3, -0.25) is 4.79 Å². The number of hydrogen-bond donors (Lipinski definition) is 0. The molecule has 0 saturated heterocycles. The predicted molar refractivity (Wildman–Crippen MR) is 63.5 cm³/mol. The van der Waals surface area contributed by atoms with Crippen LogP contribution in [0, 0.1) is 0 Å². The Morgan fingerprint density at radius 2 is 2.06 bits per heavy atom. The molecule has 6 heteroatoms. The molecule has 0 heterocycles. The van der Waals surface area contributed by atoms with E-state index in [4.69, 9.17) is 0 Å². The third-order valence-electron chi connectivity index (χ3n) is 2.25. The first kappa shape index (κ1) is 14.0. The number of hydrogen-bond acceptors (Lipinski definition) is 2. The Kier molecular flexibility index (Phi) is 4.56. The van der Waals surface area contributed by atoms with Gasteiger partial charge in [0.25, 0.3) is 0 Å². The molecule has 0 radical (unpaired) electrons. The first-order valence-electron chi connectivity index (χ1n) is 4.86. The van der Waals surface area contributed by atoms with Gasteiger partial charge in [-0.05, 0) is 34.1 Å². The average Bonchev–Trinajstić information content (AvgIpc) is 2.24. The van der Waals surface area contributed by atoms with E-state index in [1.807, 2.05) is 0 Å². The Labute approximate surface area is 106 Å². The number of rotatable bonds is 4. The monoisotopic (exact) mass is 309 g/mol. The highest BCUT2D eigenvalue weighted by Gasteiger charge is 2.27. The second-order valence-corrected chi connectivity index (χ2v) is 4.47. The molecule has 1 rings (SSSR count). The topological polar surface area (TPSA) is 20.3 Å². The van der Waals surface area contributed by atoms with Gasteiger partial charge in [-0.1, -0.05) is 0 Å². The lowest BCUT2D eigenvalue weighted by molar-refractivity contribution is -0.132. The van der Waals surface area contributed by atoms with Gasteiger partial charge < -0.3 is 4.90 Å². The van der Waals surface area contributed by atoms with Crippen LogP contribution >= 0.6 is 15.9 Å². The van der Waals surface area contributed by atoms with Gasteiger partial charge >= 0.3 is 6.18 Å². The van der Waals surface area contributed by atoms with Crippen molar-refractivity contribution in [2.75, 3.05) is 18.5 Å². The van der Waals surface area contributed by atoms with Crippen molar-refractivity contribution < 1.29 is 18.0 Å². The zero-order valence-electron chi connectivity index (χ0n) is 9.09. The van der Waals surface area contributed by atoms with Crippen LogP contribution in [0.4, 0.5) is 18.9 Å². The van der Waals surface area contributed by atoms with Crippen LogP contribution in [-0.4, -0.2) is 26.1 Å². The smallest absolute Gasteiger partial charge is 0.373 e. The molecule has 1 aromatic rings. The Hall–Kier alpha value is -1.04. The summed E-state index contributed by atoms with van der Waals surface area (Å²) in [6, 6.07) is 4.76. The van der Waals surface area contributed by atoms with Crippen molar-refractivity contribution in [1.82, 2.24) is 0 Å². The number of benzene rings is 1. The van der Waals surface area contributed by atoms with Crippen LogP contribution in [0.15, 0.2) is 22.7 Å². The second kappa shape index (κ2) is 5.53. The molecule has 0 aliphatic rings. The van der Waals surface area contributed by atoms with Crippen LogP contribution in [0.5, 0.6) is 0 Å². The van der Waals surface area contributed by atoms with Crippen LogP contribution in [0.3, 0.4) is 0 Å². The first-order valence-corrected chi connectivity index (χ1v) is 5.65. The van der Waals surface area contributed by atoms with Crippen molar-refractivity contribution in [3.63, 3.8) is 0 Å². The van der Waals surface area contributed by atoms with Gasteiger partial charge in [0, 0.05) is 23.6 Å². The summed E-state index contributed by atoms with van der Waals surface area (Å²) in [4.78, 5) is 12.0. The lowest BCUT2D eigenvalue weighted by Gasteiger charge is -2.21. The van der Waals surface area contributed by atoms with E-state index in [9.17, 15) is 18.0 Å². The number of halogens is 4. The molecule has 2 nitrogen and oxygen atoms in total. The Bertz CT molecular complexity index is 406. The van der Waals surface area contributed by atoms with E-state index in [1.165, 1.54) is 4.90 Å². The van der Waals surface area contributed by atoms with E-state index < -0.39 is 12.6 Å². The predicted octanol–water partition coefficient (Wildman–Crippen LogP) is 3.65. The van der Waals surface area contributed by atoms with E-state index >= 15 is 0 Å². The molecule has 0 bridgehead atoms. The van der Waals surface area contributed by atoms with Crippen molar-refractivity contribution in [1.29, 1.82) is 0 Å². The summed E-state index contributed by atoms with van der Waals surface area (Å²) in [5.41, 5.74) is 1.10. The van der Waals surface area contributed by atoms with Gasteiger partial charge in [0.15, 0.2) is 0 Å². The summed E-state index contributed by atoms with van der Waals surface area (Å²) in [5.74, 6) is 0. The molecular weight excluding hydrogens is 299 g/mol. The summed E-state index contributed by atoms with van der Waals surface area (Å²) in [7, 11) is 1.58. The van der Waals surface area contributed by atoms with Crippen molar-refractivity contribution >= 4 is 27.9 Å². The number of carbonyl (C=O) groups excluding carboxylic acids is 1. The zero-order valence-corrected chi connectivity index (χ0v) is 10.7. The van der Waals surface area contributed by atoms with Gasteiger partial charge in [-0.25, -0.2) is 0 Å². The number of aldehydes is 1. The molecule has 0 saturated carbocycles. The second-order valence-electron chi connectivity index (χ2n) is 3.62. The lowest BCUT2D eigenvalue weighted by Crippen LogP contribution is -2.24. The molecule has 0 unspecified atom stereocenters. The van der Waals surface area contributed by atoms with Crippen LogP contribution in [-0.2, 0) is 0 Å². The molecule has 0 amide bonds. The maximum absolute atomic E-state index is 12.1. The molecule has 1 aromatic carbocycles. The van der Waals surface area contributed by atoms with Crippen LogP contribution < -0.4 is 4.90 Å². The normalized spacial score (nSPS) is 11.4. The maximum Gasteiger partial charge on any atom is 0.390 e. The summed E-state index contributed by atoms with van der Waals surface area (Å²) in [5, 5.41) is 0. The highest BCUT2D eigenvalue weighted by Crippen LogP contribution is 2.28. The Morgan fingerprint density at radius 3 is 2.53 bits per heavy atom. The Morgan fingerprint density at radius 1 is 1.41 bits per heavy atom. The van der Waals surface area contributed by atoms with Gasteiger partial charge in [0.2, 0.25) is 0 Å². The van der Waals surface area contributed by atoms with Crippen molar-refractivity contribution in [3.8, 4) is 0 Å². The van der Waals surface area contributed by atoms with Gasteiger partial charge in [0.1, 0.15) is 6.29 Å². The molecular formula is C11H11BrF3NO. The fourth-order valence-corrected chi connectivity index (χ4v) is 2.02. The summed E-state index contributed by atoms with van der Waals surface area (Å²) < 4.78 is 36.8. The number of carbonyl (C=O) groups is 1. The summed E-state index contributed by atoms with van der Waals surface area (Å²) >= 11 is 3.23. The summed E-state index contributed by atoms with van der Waals surface area (Å²) in [6.45, 7) is -0.122. The first-order chi connectivity index (χ1) is 7.83. The minimum atomic E-state index is -4.16. The molecule has 0 aromatic heterocycles. The van der Waals surface area contributed by atoms with E-state index in [2.05, 4.69) is 15.9 Å². The quantitative estimate of drug-likeness (QED) is 0.791. The van der Waals surface area contributed by atoms with E-state index in [0.29, 0.717) is 22.0 Å². The van der Waals surface area contributed by atoms with Crippen LogP contribution in [0.2, 0.25) is 0 Å². The van der Waals surface area contributed by atoms with Gasteiger partial charge in [-0.2, -0.15) is 13.2 Å². The highest BCUT2D eigenvalue weighted by molar-refractivity contribution is 9.10. The van der Waals surface area contributed by atoms with Gasteiger partial charge in [0.05, 0.1) is 12.1 Å². The number of nitrogens with zero attached hydrogens (tertiary/aromatic N) is 1. The average molecular weight is 310 g/mol. The fraction of sp³-hybridized carbons (Fsp3) is 0.364. The van der Waals surface area contributed by atoms with E-state index in [0.717, 1.165) is 0 Å². The van der Waals surface area contributed by atoms with Crippen LogP contribution in [0.25, 0.3) is 0 Å². The molecule has 17 heavy (non-hydrogen) atoms. The molecule has 0 aliphatic heterocycles. The number of alkyl halides is 3. The zero-order chi connectivity index (χ0) is 13.1. The molecule has 0 aliphatic carbocycles. The van der Waals surface area contributed by atoms with E-state index in [-0.39, 0.29) is 6.54 Å². The lowest BCUT2D eigenvalue weighted by atomic mass is 10.2. The standard InChI is InChI=1S/C11H11BrF3NO/c1-16(5-4-11(13,14)15)10-3-2-8(7-17)6-9(10)12/h2-3,6-7H,4-5H2,1H3. The van der Waals surface area contributed by atoms with Crippen molar-refractivity contribution in [3.05, 3.63) is 28.2 Å². The molecule has 0 spiro atoms. The highest BCUT2D eigenvalue weighted by atomic mass is 79.9. The number of anilines is 1.